The lowest BCUT2D eigenvalue weighted by Crippen LogP contribution is -2.45. The van der Waals surface area contributed by atoms with Gasteiger partial charge in [0.2, 0.25) is 0 Å². The van der Waals surface area contributed by atoms with E-state index in [4.69, 9.17) is 4.74 Å². The van der Waals surface area contributed by atoms with Crippen molar-refractivity contribution in [3.8, 4) is 0 Å². The summed E-state index contributed by atoms with van der Waals surface area (Å²) < 4.78 is 7.02. The predicted molar refractivity (Wildman–Crippen MR) is 73.1 cm³/mol. The number of H-pyrrole nitrogens is 1. The number of carboxylic acid groups (broad SMARTS) is 1. The first-order valence-electron chi connectivity index (χ1n) is 6.56. The number of aromatic amines is 1. The van der Waals surface area contributed by atoms with Crippen LogP contribution in [0.15, 0.2) is 23.0 Å². The zero-order valence-corrected chi connectivity index (χ0v) is 11.2. The number of rotatable bonds is 4. The average molecular weight is 276 g/mol. The fourth-order valence-electron chi connectivity index (χ4n) is 2.83. The summed E-state index contributed by atoms with van der Waals surface area (Å²) in [7, 11) is 1.64. The number of imidazole rings is 1. The molecule has 2 aromatic rings. The van der Waals surface area contributed by atoms with Gasteiger partial charge in [-0.05, 0) is 31.4 Å². The highest BCUT2D eigenvalue weighted by Gasteiger charge is 2.38. The van der Waals surface area contributed by atoms with Crippen molar-refractivity contribution >= 4 is 17.0 Å². The predicted octanol–water partition coefficient (Wildman–Crippen LogP) is 1.60. The van der Waals surface area contributed by atoms with Gasteiger partial charge in [-0.2, -0.15) is 0 Å². The summed E-state index contributed by atoms with van der Waals surface area (Å²) in [4.78, 5) is 26.1. The van der Waals surface area contributed by atoms with E-state index in [0.717, 1.165) is 19.3 Å². The Balaban J connectivity index is 2.17. The molecule has 20 heavy (non-hydrogen) atoms. The Morgan fingerprint density at radius 2 is 2.25 bits per heavy atom. The molecule has 0 amide bonds. The molecule has 0 radical (unpaired) electrons. The van der Waals surface area contributed by atoms with E-state index < -0.39 is 5.97 Å². The topological polar surface area (TPSA) is 84.3 Å². The number of carboxylic acids is 1. The minimum atomic E-state index is -1.04. The molecule has 1 aliphatic rings. The fraction of sp³-hybridized carbons (Fsp3) is 0.429. The van der Waals surface area contributed by atoms with Crippen LogP contribution in [-0.2, 0) is 11.3 Å². The molecule has 0 spiro atoms. The molecule has 1 saturated carbocycles. The van der Waals surface area contributed by atoms with Gasteiger partial charge in [-0.15, -0.1) is 0 Å². The minimum absolute atomic E-state index is 0.131. The maximum Gasteiger partial charge on any atom is 0.337 e. The van der Waals surface area contributed by atoms with Crippen molar-refractivity contribution in [3.05, 3.63) is 34.2 Å². The van der Waals surface area contributed by atoms with E-state index in [1.807, 2.05) is 0 Å². The van der Waals surface area contributed by atoms with Gasteiger partial charge in [0.1, 0.15) is 0 Å². The van der Waals surface area contributed by atoms with E-state index in [2.05, 4.69) is 4.98 Å². The van der Waals surface area contributed by atoms with Gasteiger partial charge < -0.3 is 14.8 Å². The van der Waals surface area contributed by atoms with Crippen LogP contribution in [0.5, 0.6) is 0 Å². The van der Waals surface area contributed by atoms with E-state index in [1.54, 1.807) is 19.2 Å². The van der Waals surface area contributed by atoms with Gasteiger partial charge in [0, 0.05) is 7.11 Å². The lowest BCUT2D eigenvalue weighted by molar-refractivity contribution is -0.0833. The zero-order valence-electron chi connectivity index (χ0n) is 11.2. The molecule has 1 aliphatic carbocycles. The number of methoxy groups -OCH3 is 1. The number of aromatic carboxylic acids is 1. The molecule has 106 valence electrons. The zero-order chi connectivity index (χ0) is 14.3. The molecule has 0 saturated heterocycles. The third kappa shape index (κ3) is 1.84. The van der Waals surface area contributed by atoms with E-state index in [9.17, 15) is 14.7 Å². The van der Waals surface area contributed by atoms with Crippen LogP contribution in [0.2, 0.25) is 0 Å². The number of hydrogen-bond acceptors (Lipinski definition) is 3. The van der Waals surface area contributed by atoms with Crippen molar-refractivity contribution in [2.24, 2.45) is 0 Å². The Morgan fingerprint density at radius 3 is 2.80 bits per heavy atom. The number of aromatic nitrogens is 2. The Kier molecular flexibility index (Phi) is 2.90. The first-order chi connectivity index (χ1) is 9.56. The van der Waals surface area contributed by atoms with Gasteiger partial charge in [0.15, 0.2) is 0 Å². The van der Waals surface area contributed by atoms with Gasteiger partial charge in [0.05, 0.1) is 28.7 Å². The number of benzene rings is 1. The van der Waals surface area contributed by atoms with Crippen LogP contribution < -0.4 is 5.69 Å². The smallest absolute Gasteiger partial charge is 0.337 e. The number of fused-ring (bicyclic) bond motifs is 1. The normalized spacial score (nSPS) is 17.1. The Labute approximate surface area is 115 Å². The third-order valence-corrected chi connectivity index (χ3v) is 4.17. The van der Waals surface area contributed by atoms with Crippen molar-refractivity contribution in [2.75, 3.05) is 7.11 Å². The second-order valence-electron chi connectivity index (χ2n) is 5.26. The summed E-state index contributed by atoms with van der Waals surface area (Å²) in [6.07, 6.45) is 2.84. The van der Waals surface area contributed by atoms with E-state index in [-0.39, 0.29) is 16.9 Å². The maximum absolute atomic E-state index is 12.1. The quantitative estimate of drug-likeness (QED) is 0.888. The first-order valence-corrected chi connectivity index (χ1v) is 6.56. The fourth-order valence-corrected chi connectivity index (χ4v) is 2.83. The summed E-state index contributed by atoms with van der Waals surface area (Å²) in [6.45, 7) is 0.382. The average Bonchev–Trinajstić information content (AvgIpc) is 2.69. The molecule has 2 N–H and O–H groups in total. The Morgan fingerprint density at radius 1 is 1.50 bits per heavy atom. The minimum Gasteiger partial charge on any atom is -0.478 e. The summed E-state index contributed by atoms with van der Waals surface area (Å²) in [6, 6.07) is 4.84. The number of carbonyl (C=O) groups is 1. The van der Waals surface area contributed by atoms with E-state index >= 15 is 0 Å². The van der Waals surface area contributed by atoms with Crippen molar-refractivity contribution < 1.29 is 14.6 Å². The number of hydrogen-bond donors (Lipinski definition) is 2. The van der Waals surface area contributed by atoms with Gasteiger partial charge in [-0.25, -0.2) is 9.59 Å². The molecule has 0 unspecified atom stereocenters. The number of para-hydroxylation sites is 1. The Hall–Kier alpha value is -2.08. The van der Waals surface area contributed by atoms with Crippen molar-refractivity contribution in [1.29, 1.82) is 0 Å². The SMILES string of the molecule is COC1(Cn2c(=O)[nH]c3cccc(C(=O)O)c32)CCC1. The van der Waals surface area contributed by atoms with Crippen molar-refractivity contribution in [2.45, 2.75) is 31.4 Å². The van der Waals surface area contributed by atoms with Crippen LogP contribution in [0.25, 0.3) is 11.0 Å². The summed E-state index contributed by atoms with van der Waals surface area (Å²) in [5, 5.41) is 9.28. The summed E-state index contributed by atoms with van der Waals surface area (Å²) >= 11 is 0. The highest BCUT2D eigenvalue weighted by Crippen LogP contribution is 2.36. The second kappa shape index (κ2) is 4.49. The molecule has 1 aromatic heterocycles. The van der Waals surface area contributed by atoms with Gasteiger partial charge in [0.25, 0.3) is 0 Å². The molecule has 1 aromatic carbocycles. The van der Waals surface area contributed by atoms with E-state index in [0.29, 0.717) is 17.6 Å². The number of nitrogens with zero attached hydrogens (tertiary/aromatic N) is 1. The second-order valence-corrected chi connectivity index (χ2v) is 5.26. The molecule has 1 heterocycles. The number of ether oxygens (including phenoxy) is 1. The van der Waals surface area contributed by atoms with E-state index in [1.165, 1.54) is 10.6 Å². The molecule has 6 heteroatoms. The standard InChI is InChI=1S/C14H16N2O4/c1-20-14(6-3-7-14)8-16-11-9(12(17)18)4-2-5-10(11)15-13(16)19/h2,4-5H,3,6-8H2,1H3,(H,15,19)(H,17,18). The van der Waals surface area contributed by atoms with Gasteiger partial charge in [-0.3, -0.25) is 4.57 Å². The monoisotopic (exact) mass is 276 g/mol. The van der Waals surface area contributed by atoms with Crippen molar-refractivity contribution in [3.63, 3.8) is 0 Å². The lowest BCUT2D eigenvalue weighted by atomic mass is 9.80. The van der Waals surface area contributed by atoms with Crippen LogP contribution in [0.4, 0.5) is 0 Å². The molecule has 6 nitrogen and oxygen atoms in total. The highest BCUT2D eigenvalue weighted by atomic mass is 16.5. The van der Waals surface area contributed by atoms with Gasteiger partial charge >= 0.3 is 11.7 Å². The molecule has 3 rings (SSSR count). The summed E-state index contributed by atoms with van der Waals surface area (Å²) in [5.41, 5.74) is 0.474. The molecule has 0 aliphatic heterocycles. The van der Waals surface area contributed by atoms with Crippen LogP contribution in [0.3, 0.4) is 0 Å². The molecule has 0 atom stereocenters. The summed E-state index contributed by atoms with van der Waals surface area (Å²) in [5.74, 6) is -1.04. The van der Waals surface area contributed by atoms with Crippen molar-refractivity contribution in [1.82, 2.24) is 9.55 Å². The maximum atomic E-state index is 12.1. The molecule has 1 fully saturated rings. The highest BCUT2D eigenvalue weighted by molar-refractivity contribution is 6.01. The van der Waals surface area contributed by atoms with Crippen LogP contribution in [0, 0.1) is 0 Å². The largest absolute Gasteiger partial charge is 0.478 e. The van der Waals surface area contributed by atoms with Crippen LogP contribution >= 0.6 is 0 Å². The van der Waals surface area contributed by atoms with Crippen LogP contribution in [-0.4, -0.2) is 33.3 Å². The third-order valence-electron chi connectivity index (χ3n) is 4.17. The van der Waals surface area contributed by atoms with Gasteiger partial charge in [-0.1, -0.05) is 6.07 Å². The lowest BCUT2D eigenvalue weighted by Gasteiger charge is -2.40. The Bertz CT molecular complexity index is 719. The molecule has 0 bridgehead atoms. The molecular weight excluding hydrogens is 260 g/mol. The number of nitrogens with one attached hydrogen (secondary N) is 1. The first kappa shape index (κ1) is 12.9. The van der Waals surface area contributed by atoms with Crippen LogP contribution in [0.1, 0.15) is 29.6 Å². The molecular formula is C14H16N2O4.